The fraction of sp³-hybridized carbons (Fsp3) is 0.312. The molecule has 0 spiro atoms. The van der Waals surface area contributed by atoms with Gasteiger partial charge in [-0.25, -0.2) is 0 Å². The van der Waals surface area contributed by atoms with E-state index in [4.69, 9.17) is 0 Å². The average Bonchev–Trinajstić information content (AvgIpc) is 3.00. The summed E-state index contributed by atoms with van der Waals surface area (Å²) in [5.41, 5.74) is 1.87. The number of nitrogens with zero attached hydrogens (tertiary/aromatic N) is 3. The second-order valence-corrected chi connectivity index (χ2v) is 7.80. The lowest BCUT2D eigenvalue weighted by molar-refractivity contribution is -0.115. The molecule has 0 saturated heterocycles. The van der Waals surface area contributed by atoms with Gasteiger partial charge in [-0.2, -0.15) is 0 Å². The van der Waals surface area contributed by atoms with Crippen LogP contribution in [-0.2, 0) is 4.79 Å². The number of amides is 1. The van der Waals surface area contributed by atoms with Crippen LogP contribution in [-0.4, -0.2) is 42.0 Å². The Kier molecular flexibility index (Phi) is 6.62. The second-order valence-electron chi connectivity index (χ2n) is 5.23. The van der Waals surface area contributed by atoms with Crippen LogP contribution >= 0.6 is 23.1 Å². The van der Waals surface area contributed by atoms with E-state index in [1.165, 1.54) is 23.1 Å². The van der Waals surface area contributed by atoms with E-state index >= 15 is 0 Å². The summed E-state index contributed by atoms with van der Waals surface area (Å²) >= 11 is 2.82. The number of carbonyl (C=O) groups excluding carboxylic acids is 1. The van der Waals surface area contributed by atoms with Gasteiger partial charge in [0.05, 0.1) is 5.25 Å². The van der Waals surface area contributed by atoms with Crippen LogP contribution in [0.1, 0.15) is 6.92 Å². The highest BCUT2D eigenvalue weighted by atomic mass is 32.2. The van der Waals surface area contributed by atoms with Gasteiger partial charge in [-0.1, -0.05) is 29.2 Å². The van der Waals surface area contributed by atoms with Crippen LogP contribution in [0.5, 0.6) is 0 Å². The molecule has 1 aromatic heterocycles. The van der Waals surface area contributed by atoms with Crippen molar-refractivity contribution >= 4 is 45.5 Å². The third kappa shape index (κ3) is 5.24. The molecule has 128 valence electrons. The first-order valence-electron chi connectivity index (χ1n) is 7.42. The summed E-state index contributed by atoms with van der Waals surface area (Å²) in [6.45, 7) is 6.13. The maximum atomic E-state index is 12.3. The number of aromatic nitrogens is 2. The van der Waals surface area contributed by atoms with Crippen molar-refractivity contribution in [2.24, 2.45) is 0 Å². The lowest BCUT2D eigenvalue weighted by Gasteiger charge is -2.14. The number of anilines is 3. The molecule has 0 aliphatic carbocycles. The van der Waals surface area contributed by atoms with E-state index in [0.29, 0.717) is 6.54 Å². The number of hydrogen-bond donors (Lipinski definition) is 2. The Balaban J connectivity index is 1.89. The highest BCUT2D eigenvalue weighted by Gasteiger charge is 2.17. The van der Waals surface area contributed by atoms with Crippen molar-refractivity contribution in [1.82, 2.24) is 10.2 Å². The van der Waals surface area contributed by atoms with Gasteiger partial charge in [-0.05, 0) is 31.2 Å². The smallest absolute Gasteiger partial charge is 0.237 e. The number of hydrogen-bond acceptors (Lipinski definition) is 7. The summed E-state index contributed by atoms with van der Waals surface area (Å²) < 4.78 is 0.757. The topological polar surface area (TPSA) is 70.1 Å². The summed E-state index contributed by atoms with van der Waals surface area (Å²) in [5, 5.41) is 14.6. The summed E-state index contributed by atoms with van der Waals surface area (Å²) in [4.78, 5) is 14.3. The molecule has 0 radical (unpaired) electrons. The molecule has 0 saturated carbocycles. The highest BCUT2D eigenvalue weighted by molar-refractivity contribution is 8.02. The average molecular weight is 364 g/mol. The predicted molar refractivity (Wildman–Crippen MR) is 103 cm³/mol. The number of nitrogens with one attached hydrogen (secondary N) is 2. The zero-order valence-corrected chi connectivity index (χ0v) is 15.6. The predicted octanol–water partition coefficient (Wildman–Crippen LogP) is 3.32. The summed E-state index contributed by atoms with van der Waals surface area (Å²) in [5.74, 6) is -0.0617. The third-order valence-electron chi connectivity index (χ3n) is 3.10. The maximum Gasteiger partial charge on any atom is 0.237 e. The molecular formula is C16H21N5OS2. The van der Waals surface area contributed by atoms with Crippen LogP contribution in [0.25, 0.3) is 0 Å². The van der Waals surface area contributed by atoms with Crippen molar-refractivity contribution in [3.05, 3.63) is 36.9 Å². The van der Waals surface area contributed by atoms with Crippen molar-refractivity contribution in [2.45, 2.75) is 16.5 Å². The van der Waals surface area contributed by atoms with Gasteiger partial charge in [0.15, 0.2) is 4.34 Å². The Morgan fingerprint density at radius 3 is 2.71 bits per heavy atom. The minimum atomic E-state index is -0.265. The van der Waals surface area contributed by atoms with E-state index in [1.807, 2.05) is 50.2 Å². The van der Waals surface area contributed by atoms with Crippen LogP contribution in [0.2, 0.25) is 0 Å². The van der Waals surface area contributed by atoms with E-state index in [0.717, 1.165) is 20.8 Å². The van der Waals surface area contributed by atoms with Gasteiger partial charge in [0.25, 0.3) is 0 Å². The Morgan fingerprint density at radius 2 is 2.08 bits per heavy atom. The van der Waals surface area contributed by atoms with Crippen LogP contribution in [0.15, 0.2) is 41.3 Å². The van der Waals surface area contributed by atoms with E-state index in [9.17, 15) is 4.79 Å². The van der Waals surface area contributed by atoms with Gasteiger partial charge in [0, 0.05) is 32.0 Å². The van der Waals surface area contributed by atoms with Crippen LogP contribution in [0.3, 0.4) is 0 Å². The van der Waals surface area contributed by atoms with Crippen molar-refractivity contribution in [2.75, 3.05) is 36.2 Å². The molecule has 8 heteroatoms. The van der Waals surface area contributed by atoms with Gasteiger partial charge in [-0.15, -0.1) is 16.8 Å². The molecule has 1 unspecified atom stereocenters. The van der Waals surface area contributed by atoms with E-state index < -0.39 is 0 Å². The Hall–Kier alpha value is -2.06. The fourth-order valence-corrected chi connectivity index (χ4v) is 3.68. The molecule has 0 bridgehead atoms. The first-order valence-corrected chi connectivity index (χ1v) is 9.12. The standard InChI is InChI=1S/C16H21N5OS2/c1-5-10-17-15-19-20-16(24-15)23-11(2)14(22)18-12-6-8-13(9-7-12)21(3)4/h5-9,11H,1,10H2,2-4H3,(H,17,19)(H,18,22). The number of rotatable bonds is 8. The molecule has 0 aliphatic rings. The molecule has 24 heavy (non-hydrogen) atoms. The van der Waals surface area contributed by atoms with E-state index in [1.54, 1.807) is 6.08 Å². The SMILES string of the molecule is C=CCNc1nnc(SC(C)C(=O)Nc2ccc(N(C)C)cc2)s1. The Morgan fingerprint density at radius 1 is 1.38 bits per heavy atom. The monoisotopic (exact) mass is 363 g/mol. The molecule has 1 atom stereocenters. The number of thioether (sulfide) groups is 1. The first-order chi connectivity index (χ1) is 11.5. The molecule has 2 rings (SSSR count). The summed E-state index contributed by atoms with van der Waals surface area (Å²) in [6, 6.07) is 7.73. The number of carbonyl (C=O) groups is 1. The largest absolute Gasteiger partial charge is 0.378 e. The van der Waals surface area contributed by atoms with Gasteiger partial charge in [-0.3, -0.25) is 4.79 Å². The lowest BCUT2D eigenvalue weighted by Crippen LogP contribution is -2.22. The van der Waals surface area contributed by atoms with Gasteiger partial charge in [0.1, 0.15) is 0 Å². The molecule has 2 aromatic rings. The maximum absolute atomic E-state index is 12.3. The zero-order valence-electron chi connectivity index (χ0n) is 13.9. The zero-order chi connectivity index (χ0) is 17.5. The van der Waals surface area contributed by atoms with Crippen molar-refractivity contribution < 1.29 is 4.79 Å². The van der Waals surface area contributed by atoms with Crippen LogP contribution in [0.4, 0.5) is 16.5 Å². The number of benzene rings is 1. The Bertz CT molecular complexity index is 684. The van der Waals surface area contributed by atoms with Crippen LogP contribution in [0, 0.1) is 0 Å². The molecule has 6 nitrogen and oxygen atoms in total. The highest BCUT2D eigenvalue weighted by Crippen LogP contribution is 2.29. The second kappa shape index (κ2) is 8.70. The van der Waals surface area contributed by atoms with E-state index in [-0.39, 0.29) is 11.2 Å². The van der Waals surface area contributed by atoms with E-state index in [2.05, 4.69) is 27.4 Å². The molecule has 0 fully saturated rings. The molecule has 1 aromatic carbocycles. The molecule has 1 amide bonds. The van der Waals surface area contributed by atoms with Crippen molar-refractivity contribution in [3.8, 4) is 0 Å². The fourth-order valence-electron chi connectivity index (χ4n) is 1.78. The molecular weight excluding hydrogens is 342 g/mol. The minimum Gasteiger partial charge on any atom is -0.378 e. The van der Waals surface area contributed by atoms with Crippen LogP contribution < -0.4 is 15.5 Å². The Labute approximate surface area is 150 Å². The first kappa shape index (κ1) is 18.3. The van der Waals surface area contributed by atoms with Crippen molar-refractivity contribution in [3.63, 3.8) is 0 Å². The lowest BCUT2D eigenvalue weighted by atomic mass is 10.2. The summed E-state index contributed by atoms with van der Waals surface area (Å²) in [6.07, 6.45) is 1.76. The summed E-state index contributed by atoms with van der Waals surface area (Å²) in [7, 11) is 3.96. The van der Waals surface area contributed by atoms with Gasteiger partial charge in [0.2, 0.25) is 11.0 Å². The molecule has 0 aliphatic heterocycles. The third-order valence-corrected chi connectivity index (χ3v) is 5.17. The normalized spacial score (nSPS) is 11.6. The van der Waals surface area contributed by atoms with Crippen molar-refractivity contribution in [1.29, 1.82) is 0 Å². The van der Waals surface area contributed by atoms with Gasteiger partial charge >= 0.3 is 0 Å². The molecule has 2 N–H and O–H groups in total. The quantitative estimate of drug-likeness (QED) is 0.554. The minimum absolute atomic E-state index is 0.0617. The molecule has 1 heterocycles. The van der Waals surface area contributed by atoms with Gasteiger partial charge < -0.3 is 15.5 Å².